The van der Waals surface area contributed by atoms with Crippen LogP contribution in [0.1, 0.15) is 35.7 Å². The van der Waals surface area contributed by atoms with Crippen LogP contribution in [0.2, 0.25) is 5.02 Å². The molecule has 0 radical (unpaired) electrons. The van der Waals surface area contributed by atoms with Gasteiger partial charge in [-0.05, 0) is 36.5 Å². The first-order valence-electron chi connectivity index (χ1n) is 9.16. The van der Waals surface area contributed by atoms with Crippen molar-refractivity contribution in [2.75, 3.05) is 7.05 Å². The van der Waals surface area contributed by atoms with Crippen molar-refractivity contribution in [1.29, 1.82) is 0 Å². The van der Waals surface area contributed by atoms with E-state index in [4.69, 9.17) is 11.6 Å². The van der Waals surface area contributed by atoms with Gasteiger partial charge in [-0.2, -0.15) is 0 Å². The number of benzene rings is 2. The number of hydrogen-bond donors (Lipinski definition) is 0. The van der Waals surface area contributed by atoms with Gasteiger partial charge in [0, 0.05) is 18.0 Å². The highest BCUT2D eigenvalue weighted by atomic mass is 35.5. The Kier molecular flexibility index (Phi) is 5.28. The molecule has 0 saturated carbocycles. The molecule has 1 aliphatic rings. The third kappa shape index (κ3) is 3.78. The van der Waals surface area contributed by atoms with Crippen molar-refractivity contribution >= 4 is 28.8 Å². The van der Waals surface area contributed by atoms with Crippen LogP contribution in [-0.4, -0.2) is 22.8 Å². The first kappa shape index (κ1) is 18.2. The maximum Gasteiger partial charge on any atom is 0.228 e. The monoisotopic (exact) mass is 396 g/mol. The Labute approximate surface area is 168 Å². The summed E-state index contributed by atoms with van der Waals surface area (Å²) in [7, 11) is 1.91. The maximum absolute atomic E-state index is 12.9. The molecular formula is C22H21ClN2OS. The predicted octanol–water partition coefficient (Wildman–Crippen LogP) is 5.54. The molecule has 1 atom stereocenters. The van der Waals surface area contributed by atoms with Crippen molar-refractivity contribution < 1.29 is 4.79 Å². The highest BCUT2D eigenvalue weighted by molar-refractivity contribution is 7.13. The Morgan fingerprint density at radius 3 is 2.85 bits per heavy atom. The number of rotatable bonds is 4. The number of hydrogen-bond acceptors (Lipinski definition) is 3. The van der Waals surface area contributed by atoms with Gasteiger partial charge in [0.2, 0.25) is 5.91 Å². The lowest BCUT2D eigenvalue weighted by Gasteiger charge is -2.33. The molecule has 3 aromatic rings. The van der Waals surface area contributed by atoms with E-state index in [1.807, 2.05) is 41.6 Å². The molecule has 1 aliphatic carbocycles. The highest BCUT2D eigenvalue weighted by Crippen LogP contribution is 2.34. The van der Waals surface area contributed by atoms with Crippen LogP contribution in [0.25, 0.3) is 10.6 Å². The standard InChI is InChI=1S/C22H21ClN2OS/c1-25(20-12-6-8-15-7-2-3-9-17(15)20)21(26)13-16-14-27-22(24-16)18-10-4-5-11-19(18)23/h2-5,7,9-11,14,20H,6,8,12-13H2,1H3. The number of aryl methyl sites for hydroxylation is 1. The van der Waals surface area contributed by atoms with Crippen LogP contribution in [0.15, 0.2) is 53.9 Å². The Morgan fingerprint density at radius 2 is 2.00 bits per heavy atom. The van der Waals surface area contributed by atoms with Crippen molar-refractivity contribution in [3.05, 3.63) is 75.8 Å². The van der Waals surface area contributed by atoms with E-state index >= 15 is 0 Å². The largest absolute Gasteiger partial charge is 0.338 e. The second kappa shape index (κ2) is 7.83. The molecule has 0 N–H and O–H groups in total. The minimum atomic E-state index is 0.104. The fourth-order valence-electron chi connectivity index (χ4n) is 3.73. The fourth-order valence-corrected chi connectivity index (χ4v) is 4.87. The molecule has 138 valence electrons. The first-order chi connectivity index (χ1) is 13.1. The first-order valence-corrected chi connectivity index (χ1v) is 10.4. The number of amides is 1. The topological polar surface area (TPSA) is 33.2 Å². The fraction of sp³-hybridized carbons (Fsp3) is 0.273. The van der Waals surface area contributed by atoms with Crippen LogP contribution in [-0.2, 0) is 17.6 Å². The zero-order valence-electron chi connectivity index (χ0n) is 15.2. The number of carbonyl (C=O) groups excluding carboxylic acids is 1. The van der Waals surface area contributed by atoms with E-state index in [1.165, 1.54) is 22.5 Å². The van der Waals surface area contributed by atoms with Crippen LogP contribution < -0.4 is 0 Å². The van der Waals surface area contributed by atoms with E-state index in [2.05, 4.69) is 29.2 Å². The van der Waals surface area contributed by atoms with Crippen molar-refractivity contribution in [2.45, 2.75) is 31.7 Å². The summed E-state index contributed by atoms with van der Waals surface area (Å²) >= 11 is 7.79. The molecule has 0 bridgehead atoms. The second-order valence-electron chi connectivity index (χ2n) is 6.91. The van der Waals surface area contributed by atoms with Gasteiger partial charge in [0.05, 0.1) is 23.2 Å². The van der Waals surface area contributed by atoms with E-state index in [0.29, 0.717) is 11.4 Å². The highest BCUT2D eigenvalue weighted by Gasteiger charge is 2.26. The van der Waals surface area contributed by atoms with Gasteiger partial charge in [-0.3, -0.25) is 4.79 Å². The SMILES string of the molecule is CN(C(=O)Cc1csc(-c2ccccc2Cl)n1)C1CCCc2ccccc21. The summed E-state index contributed by atoms with van der Waals surface area (Å²) in [5, 5.41) is 3.49. The Morgan fingerprint density at radius 1 is 1.22 bits per heavy atom. The third-order valence-electron chi connectivity index (χ3n) is 5.19. The molecule has 1 aromatic heterocycles. The average molecular weight is 397 g/mol. The molecule has 0 spiro atoms. The normalized spacial score (nSPS) is 16.0. The quantitative estimate of drug-likeness (QED) is 0.579. The number of likely N-dealkylation sites (N-methyl/N-ethyl adjacent to an activating group) is 1. The minimum absolute atomic E-state index is 0.104. The zero-order valence-corrected chi connectivity index (χ0v) is 16.8. The Bertz CT molecular complexity index is 968. The summed E-state index contributed by atoms with van der Waals surface area (Å²) in [6.07, 6.45) is 3.55. The molecule has 5 heteroatoms. The molecule has 1 heterocycles. The van der Waals surface area contributed by atoms with Gasteiger partial charge in [0.25, 0.3) is 0 Å². The van der Waals surface area contributed by atoms with Crippen LogP contribution in [0.5, 0.6) is 0 Å². The molecule has 0 aliphatic heterocycles. The molecule has 0 saturated heterocycles. The van der Waals surface area contributed by atoms with E-state index < -0.39 is 0 Å². The van der Waals surface area contributed by atoms with E-state index in [0.717, 1.165) is 35.5 Å². The number of aromatic nitrogens is 1. The van der Waals surface area contributed by atoms with Crippen molar-refractivity contribution in [1.82, 2.24) is 9.88 Å². The number of nitrogens with zero attached hydrogens (tertiary/aromatic N) is 2. The van der Waals surface area contributed by atoms with Gasteiger partial charge in [-0.25, -0.2) is 4.98 Å². The van der Waals surface area contributed by atoms with E-state index in [9.17, 15) is 4.79 Å². The summed E-state index contributed by atoms with van der Waals surface area (Å²) < 4.78 is 0. The van der Waals surface area contributed by atoms with Crippen LogP contribution in [0.3, 0.4) is 0 Å². The molecular weight excluding hydrogens is 376 g/mol. The second-order valence-corrected chi connectivity index (χ2v) is 8.18. The molecule has 1 amide bonds. The minimum Gasteiger partial charge on any atom is -0.338 e. The molecule has 27 heavy (non-hydrogen) atoms. The lowest BCUT2D eigenvalue weighted by Crippen LogP contribution is -2.34. The van der Waals surface area contributed by atoms with Gasteiger partial charge in [0.1, 0.15) is 5.01 Å². The molecule has 4 rings (SSSR count). The Hall–Kier alpha value is -2.17. The Balaban J connectivity index is 1.50. The van der Waals surface area contributed by atoms with Gasteiger partial charge in [0.15, 0.2) is 0 Å². The van der Waals surface area contributed by atoms with E-state index in [-0.39, 0.29) is 11.9 Å². The average Bonchev–Trinajstić information content (AvgIpc) is 3.15. The third-order valence-corrected chi connectivity index (χ3v) is 6.44. The summed E-state index contributed by atoms with van der Waals surface area (Å²) in [6.45, 7) is 0. The predicted molar refractivity (Wildman–Crippen MR) is 111 cm³/mol. The van der Waals surface area contributed by atoms with Crippen LogP contribution in [0, 0.1) is 0 Å². The molecule has 0 fully saturated rings. The van der Waals surface area contributed by atoms with Crippen molar-refractivity contribution in [3.63, 3.8) is 0 Å². The van der Waals surface area contributed by atoms with Crippen molar-refractivity contribution in [3.8, 4) is 10.6 Å². The van der Waals surface area contributed by atoms with Crippen LogP contribution in [0.4, 0.5) is 0 Å². The number of halogens is 1. The van der Waals surface area contributed by atoms with Gasteiger partial charge >= 0.3 is 0 Å². The van der Waals surface area contributed by atoms with E-state index in [1.54, 1.807) is 0 Å². The van der Waals surface area contributed by atoms with Crippen molar-refractivity contribution in [2.24, 2.45) is 0 Å². The summed E-state index contributed by atoms with van der Waals surface area (Å²) in [5.74, 6) is 0.104. The van der Waals surface area contributed by atoms with Gasteiger partial charge in [-0.1, -0.05) is 54.1 Å². The van der Waals surface area contributed by atoms with Crippen LogP contribution >= 0.6 is 22.9 Å². The maximum atomic E-state index is 12.9. The lowest BCUT2D eigenvalue weighted by atomic mass is 9.87. The molecule has 2 aromatic carbocycles. The molecule has 3 nitrogen and oxygen atoms in total. The number of fused-ring (bicyclic) bond motifs is 1. The summed E-state index contributed by atoms with van der Waals surface area (Å²) in [5.41, 5.74) is 4.37. The number of carbonyl (C=O) groups is 1. The zero-order chi connectivity index (χ0) is 18.8. The lowest BCUT2D eigenvalue weighted by molar-refractivity contribution is -0.131. The van der Waals surface area contributed by atoms with Gasteiger partial charge < -0.3 is 4.90 Å². The summed E-state index contributed by atoms with van der Waals surface area (Å²) in [4.78, 5) is 19.4. The smallest absolute Gasteiger partial charge is 0.228 e. The number of thiazole rings is 1. The van der Waals surface area contributed by atoms with Gasteiger partial charge in [-0.15, -0.1) is 11.3 Å². The summed E-state index contributed by atoms with van der Waals surface area (Å²) in [6, 6.07) is 16.3. The molecule has 1 unspecified atom stereocenters.